The highest BCUT2D eigenvalue weighted by molar-refractivity contribution is 5.68. The Morgan fingerprint density at radius 1 is 1.43 bits per heavy atom. The molecule has 2 aromatic rings. The molecule has 1 aliphatic heterocycles. The summed E-state index contributed by atoms with van der Waals surface area (Å²) in [6, 6.07) is 5.79. The Morgan fingerprint density at radius 2 is 2.19 bits per heavy atom. The van der Waals surface area contributed by atoms with Crippen molar-refractivity contribution in [2.24, 2.45) is 5.92 Å². The molecule has 0 aromatic carbocycles. The van der Waals surface area contributed by atoms with Crippen LogP contribution in [0.15, 0.2) is 24.4 Å². The van der Waals surface area contributed by atoms with E-state index in [0.29, 0.717) is 5.69 Å². The molecular weight excluding hydrogens is 266 g/mol. The van der Waals surface area contributed by atoms with Crippen molar-refractivity contribution in [2.75, 3.05) is 13.1 Å². The minimum absolute atomic E-state index is 0.110. The molecular formula is C16H21N3O2. The maximum Gasteiger partial charge on any atom is 0.137 e. The molecule has 3 rings (SSSR count). The van der Waals surface area contributed by atoms with E-state index < -0.39 is 5.97 Å². The van der Waals surface area contributed by atoms with Crippen molar-refractivity contribution in [3.8, 4) is 0 Å². The molecule has 0 unspecified atom stereocenters. The molecule has 1 fully saturated rings. The molecule has 1 saturated heterocycles. The molecule has 0 spiro atoms. The lowest BCUT2D eigenvalue weighted by atomic mass is 9.99. The molecule has 112 valence electrons. The number of hydrogen-bond donors (Lipinski definition) is 1. The van der Waals surface area contributed by atoms with Crippen LogP contribution in [-0.2, 0) is 17.8 Å². The first-order valence-corrected chi connectivity index (χ1v) is 7.61. The van der Waals surface area contributed by atoms with Crippen molar-refractivity contribution < 1.29 is 14.8 Å². The van der Waals surface area contributed by atoms with Crippen molar-refractivity contribution in [3.05, 3.63) is 35.8 Å². The zero-order chi connectivity index (χ0) is 14.8. The summed E-state index contributed by atoms with van der Waals surface area (Å²) in [5, 5.41) is 11.0. The number of nitrogens with zero attached hydrogens (tertiary/aromatic N) is 2. The fourth-order valence-electron chi connectivity index (χ4n) is 3.14. The van der Waals surface area contributed by atoms with Gasteiger partial charge in [0, 0.05) is 18.6 Å². The van der Waals surface area contributed by atoms with Gasteiger partial charge in [0.2, 0.25) is 0 Å². The van der Waals surface area contributed by atoms with Crippen LogP contribution in [0.3, 0.4) is 0 Å². The minimum Gasteiger partial charge on any atom is -0.550 e. The molecule has 0 aliphatic carbocycles. The minimum atomic E-state index is -1.07. The fourth-order valence-corrected chi connectivity index (χ4v) is 3.14. The van der Waals surface area contributed by atoms with Crippen LogP contribution in [0.5, 0.6) is 0 Å². The van der Waals surface area contributed by atoms with Gasteiger partial charge in [0.25, 0.3) is 0 Å². The summed E-state index contributed by atoms with van der Waals surface area (Å²) >= 11 is 0. The SMILES string of the molecule is CC1CC[NH+](Cc2c(CC(=O)[O-])nc3ccccn23)CC1. The van der Waals surface area contributed by atoms with Gasteiger partial charge in [-0.1, -0.05) is 13.0 Å². The van der Waals surface area contributed by atoms with Gasteiger partial charge in [-0.3, -0.25) is 4.40 Å². The van der Waals surface area contributed by atoms with Crippen molar-refractivity contribution in [1.82, 2.24) is 9.38 Å². The van der Waals surface area contributed by atoms with Crippen LogP contribution in [0.1, 0.15) is 31.2 Å². The number of aromatic nitrogens is 2. The third-order valence-electron chi connectivity index (χ3n) is 4.42. The molecule has 2 aromatic heterocycles. The number of likely N-dealkylation sites (tertiary alicyclic amines) is 1. The van der Waals surface area contributed by atoms with E-state index in [4.69, 9.17) is 0 Å². The van der Waals surface area contributed by atoms with Crippen LogP contribution in [0.4, 0.5) is 0 Å². The first kappa shape index (κ1) is 14.1. The van der Waals surface area contributed by atoms with Crippen LogP contribution >= 0.6 is 0 Å². The van der Waals surface area contributed by atoms with Crippen LogP contribution in [0.25, 0.3) is 5.65 Å². The normalized spacial score (nSPS) is 22.5. The summed E-state index contributed by atoms with van der Waals surface area (Å²) in [5.41, 5.74) is 2.47. The predicted octanol–water partition coefficient (Wildman–Crippen LogP) is -0.558. The number of quaternary nitrogens is 1. The van der Waals surface area contributed by atoms with Gasteiger partial charge in [-0.25, -0.2) is 4.98 Å². The van der Waals surface area contributed by atoms with Crippen molar-refractivity contribution in [1.29, 1.82) is 0 Å². The first-order valence-electron chi connectivity index (χ1n) is 7.61. The van der Waals surface area contributed by atoms with Gasteiger partial charge in [0.1, 0.15) is 17.9 Å². The number of pyridine rings is 1. The third-order valence-corrected chi connectivity index (χ3v) is 4.42. The monoisotopic (exact) mass is 287 g/mol. The number of carboxylic acid groups (broad SMARTS) is 1. The Hall–Kier alpha value is -1.88. The fraction of sp³-hybridized carbons (Fsp3) is 0.500. The number of rotatable bonds is 4. The van der Waals surface area contributed by atoms with Crippen molar-refractivity contribution in [2.45, 2.75) is 32.7 Å². The lowest BCUT2D eigenvalue weighted by Crippen LogP contribution is -3.11. The standard InChI is InChI=1S/C16H21N3O2/c1-12-5-8-18(9-6-12)11-14-13(10-16(20)21)17-15-4-2-3-7-19(14)15/h2-4,7,12H,5-6,8-11H2,1H3,(H,20,21). The van der Waals surface area contributed by atoms with Crippen LogP contribution < -0.4 is 10.0 Å². The average Bonchev–Trinajstić information content (AvgIpc) is 2.78. The van der Waals surface area contributed by atoms with E-state index in [1.54, 1.807) is 0 Å². The third kappa shape index (κ3) is 3.08. The number of nitrogens with one attached hydrogen (secondary N) is 1. The van der Waals surface area contributed by atoms with Gasteiger partial charge in [0.15, 0.2) is 0 Å². The predicted molar refractivity (Wildman–Crippen MR) is 76.7 cm³/mol. The Bertz CT molecular complexity index is 642. The van der Waals surface area contributed by atoms with E-state index in [1.165, 1.54) is 17.7 Å². The summed E-state index contributed by atoms with van der Waals surface area (Å²) < 4.78 is 2.02. The molecule has 5 nitrogen and oxygen atoms in total. The highest BCUT2D eigenvalue weighted by Gasteiger charge is 2.22. The number of imidazole rings is 1. The molecule has 0 atom stereocenters. The molecule has 0 radical (unpaired) electrons. The van der Waals surface area contributed by atoms with Crippen molar-refractivity contribution >= 4 is 11.6 Å². The topological polar surface area (TPSA) is 61.9 Å². The second kappa shape index (κ2) is 5.85. The number of carboxylic acids is 1. The van der Waals surface area contributed by atoms with E-state index in [1.807, 2.05) is 28.8 Å². The van der Waals surface area contributed by atoms with E-state index in [-0.39, 0.29) is 6.42 Å². The smallest absolute Gasteiger partial charge is 0.137 e. The van der Waals surface area contributed by atoms with Crippen LogP contribution in [0.2, 0.25) is 0 Å². The molecule has 21 heavy (non-hydrogen) atoms. The lowest BCUT2D eigenvalue weighted by Gasteiger charge is -2.27. The zero-order valence-corrected chi connectivity index (χ0v) is 12.3. The van der Waals surface area contributed by atoms with E-state index in [2.05, 4.69) is 11.9 Å². The largest absolute Gasteiger partial charge is 0.550 e. The summed E-state index contributed by atoms with van der Waals surface area (Å²) in [7, 11) is 0. The number of carbonyl (C=O) groups excluding carboxylic acids is 1. The Labute approximate surface area is 124 Å². The van der Waals surface area contributed by atoms with Gasteiger partial charge < -0.3 is 14.8 Å². The van der Waals surface area contributed by atoms with Gasteiger partial charge >= 0.3 is 0 Å². The molecule has 1 N–H and O–H groups in total. The Morgan fingerprint density at radius 3 is 2.90 bits per heavy atom. The molecule has 0 amide bonds. The van der Waals surface area contributed by atoms with E-state index in [0.717, 1.165) is 36.9 Å². The summed E-state index contributed by atoms with van der Waals surface area (Å²) in [5.74, 6) is -0.263. The number of fused-ring (bicyclic) bond motifs is 1. The van der Waals surface area contributed by atoms with Crippen LogP contribution in [-0.4, -0.2) is 28.4 Å². The maximum absolute atomic E-state index is 11.0. The maximum atomic E-state index is 11.0. The highest BCUT2D eigenvalue weighted by atomic mass is 16.4. The highest BCUT2D eigenvalue weighted by Crippen LogP contribution is 2.13. The van der Waals surface area contributed by atoms with Gasteiger partial charge in [0.05, 0.1) is 18.8 Å². The van der Waals surface area contributed by atoms with Gasteiger partial charge in [-0.05, 0) is 30.9 Å². The first-order chi connectivity index (χ1) is 10.1. The molecule has 3 heterocycles. The average molecular weight is 287 g/mol. The van der Waals surface area contributed by atoms with Crippen molar-refractivity contribution in [3.63, 3.8) is 0 Å². The molecule has 0 bridgehead atoms. The molecule has 0 saturated carbocycles. The number of hydrogen-bond acceptors (Lipinski definition) is 3. The summed E-state index contributed by atoms with van der Waals surface area (Å²) in [6.07, 6.45) is 4.33. The molecule has 1 aliphatic rings. The lowest BCUT2D eigenvalue weighted by molar-refractivity contribution is -0.920. The summed E-state index contributed by atoms with van der Waals surface area (Å²) in [4.78, 5) is 16.9. The Kier molecular flexibility index (Phi) is 3.92. The Balaban J connectivity index is 1.89. The van der Waals surface area contributed by atoms with Gasteiger partial charge in [-0.2, -0.15) is 0 Å². The number of piperidine rings is 1. The van der Waals surface area contributed by atoms with Gasteiger partial charge in [-0.15, -0.1) is 0 Å². The van der Waals surface area contributed by atoms with Crippen LogP contribution in [0, 0.1) is 5.92 Å². The quantitative estimate of drug-likeness (QED) is 0.820. The summed E-state index contributed by atoms with van der Waals surface area (Å²) in [6.45, 7) is 5.42. The second-order valence-electron chi connectivity index (χ2n) is 6.09. The zero-order valence-electron chi connectivity index (χ0n) is 12.3. The van der Waals surface area contributed by atoms with E-state index >= 15 is 0 Å². The number of aliphatic carboxylic acids is 1. The van der Waals surface area contributed by atoms with E-state index in [9.17, 15) is 9.90 Å². The number of carbonyl (C=O) groups is 1. The second-order valence-corrected chi connectivity index (χ2v) is 6.09. The molecule has 5 heteroatoms.